The van der Waals surface area contributed by atoms with E-state index in [0.29, 0.717) is 17.6 Å². The lowest BCUT2D eigenvalue weighted by atomic mass is 10.1. The summed E-state index contributed by atoms with van der Waals surface area (Å²) in [6.45, 7) is 3.35. The lowest BCUT2D eigenvalue weighted by Gasteiger charge is -2.24. The number of aliphatic hydroxyl groups is 1. The molecule has 0 saturated carbocycles. The number of rotatable bonds is 28. The minimum Gasteiger partial charge on any atom is -0.388 e. The third-order valence-corrected chi connectivity index (χ3v) is 7.29. The van der Waals surface area contributed by atoms with Crippen LogP contribution >= 0.6 is 7.82 Å². The van der Waals surface area contributed by atoms with Gasteiger partial charge in [0.05, 0.1) is 34.4 Å². The molecule has 0 aromatic heterocycles. The minimum atomic E-state index is -4.14. The summed E-state index contributed by atoms with van der Waals surface area (Å²) >= 11 is 0. The smallest absolute Gasteiger partial charge is 0.388 e. The highest BCUT2D eigenvalue weighted by Crippen LogP contribution is 2.43. The Morgan fingerprint density at radius 3 is 1.70 bits per heavy atom. The van der Waals surface area contributed by atoms with Crippen LogP contribution in [0.15, 0.2) is 12.2 Å². The second-order valence-corrected chi connectivity index (χ2v) is 12.8. The highest BCUT2D eigenvalue weighted by molar-refractivity contribution is 7.47. The largest absolute Gasteiger partial charge is 0.472 e. The number of phosphoric ester groups is 1. The van der Waals surface area contributed by atoms with Crippen LogP contribution in [0.2, 0.25) is 0 Å². The van der Waals surface area contributed by atoms with Crippen LogP contribution in [0, 0.1) is 0 Å². The zero-order valence-electron chi connectivity index (χ0n) is 24.7. The Balaban J connectivity index is 3.38. The van der Waals surface area contributed by atoms with Crippen molar-refractivity contribution in [2.24, 2.45) is 0 Å². The molecular formula is C29H61NO6P+. The van der Waals surface area contributed by atoms with Crippen molar-refractivity contribution in [1.82, 2.24) is 0 Å². The van der Waals surface area contributed by atoms with Gasteiger partial charge in [-0.3, -0.25) is 9.05 Å². The molecule has 2 atom stereocenters. The fourth-order valence-corrected chi connectivity index (χ4v) is 4.64. The number of likely N-dealkylation sites (N-methyl/N-ethyl adjacent to an activating group) is 1. The van der Waals surface area contributed by atoms with Crippen molar-refractivity contribution in [1.29, 1.82) is 0 Å². The lowest BCUT2D eigenvalue weighted by Crippen LogP contribution is -2.37. The average Bonchev–Trinajstić information content (AvgIpc) is 2.83. The molecule has 0 aromatic carbocycles. The van der Waals surface area contributed by atoms with E-state index in [1.54, 1.807) is 0 Å². The van der Waals surface area contributed by atoms with Gasteiger partial charge in [-0.25, -0.2) is 4.57 Å². The van der Waals surface area contributed by atoms with Crippen molar-refractivity contribution in [3.8, 4) is 0 Å². The van der Waals surface area contributed by atoms with Crippen LogP contribution in [0.4, 0.5) is 0 Å². The van der Waals surface area contributed by atoms with Crippen molar-refractivity contribution in [3.05, 3.63) is 12.2 Å². The second-order valence-electron chi connectivity index (χ2n) is 11.3. The Kier molecular flexibility index (Phi) is 24.6. The SMILES string of the molecule is CCCCCCCCC/C=C\CCCCCCCCCCOCC(O)COP(=O)(O)OCC[N+](C)(C)C. The van der Waals surface area contributed by atoms with Crippen LogP contribution in [0.25, 0.3) is 0 Å². The number of allylic oxidation sites excluding steroid dienone is 2. The normalized spacial score (nSPS) is 14.9. The predicted octanol–water partition coefficient (Wildman–Crippen LogP) is 7.41. The minimum absolute atomic E-state index is 0.0897. The zero-order chi connectivity index (χ0) is 27.7. The maximum Gasteiger partial charge on any atom is 0.472 e. The summed E-state index contributed by atoms with van der Waals surface area (Å²) in [7, 11) is 1.75. The van der Waals surface area contributed by atoms with Crippen molar-refractivity contribution < 1.29 is 32.8 Å². The summed E-state index contributed by atoms with van der Waals surface area (Å²) in [6, 6.07) is 0. The molecule has 0 radical (unpaired) electrons. The Morgan fingerprint density at radius 2 is 1.19 bits per heavy atom. The highest BCUT2D eigenvalue weighted by Gasteiger charge is 2.24. The van der Waals surface area contributed by atoms with Gasteiger partial charge in [-0.05, 0) is 32.1 Å². The highest BCUT2D eigenvalue weighted by atomic mass is 31.2. The van der Waals surface area contributed by atoms with E-state index in [2.05, 4.69) is 19.1 Å². The first-order valence-electron chi connectivity index (χ1n) is 15.0. The van der Waals surface area contributed by atoms with Gasteiger partial charge in [-0.2, -0.15) is 0 Å². The Bertz CT molecular complexity index is 567. The molecule has 2 unspecified atom stereocenters. The second kappa shape index (κ2) is 24.7. The number of unbranched alkanes of at least 4 members (excludes halogenated alkanes) is 15. The molecule has 0 bridgehead atoms. The standard InChI is InChI=1S/C29H60NO6P/c1-5-6-7-8-9-10-11-12-13-14-15-16-17-18-19-20-21-22-23-25-34-27-29(31)28-36-37(32,33)35-26-24-30(2,3)4/h13-14,29,31H,5-12,15-28H2,1-4H3/p+1/b14-13-. The van der Waals surface area contributed by atoms with E-state index in [0.717, 1.165) is 12.8 Å². The van der Waals surface area contributed by atoms with Crippen molar-refractivity contribution >= 4 is 7.82 Å². The molecule has 2 N–H and O–H groups in total. The third kappa shape index (κ3) is 30.1. The molecule has 37 heavy (non-hydrogen) atoms. The molecule has 8 heteroatoms. The molecule has 0 spiro atoms. The van der Waals surface area contributed by atoms with E-state index in [1.165, 1.54) is 96.3 Å². The molecular weight excluding hydrogens is 489 g/mol. The number of hydrogen-bond donors (Lipinski definition) is 2. The third-order valence-electron chi connectivity index (χ3n) is 6.31. The molecule has 0 heterocycles. The van der Waals surface area contributed by atoms with Gasteiger partial charge in [0, 0.05) is 6.61 Å². The fourth-order valence-electron chi connectivity index (χ4n) is 3.90. The summed E-state index contributed by atoms with van der Waals surface area (Å²) in [5.74, 6) is 0. The van der Waals surface area contributed by atoms with Gasteiger partial charge < -0.3 is 19.2 Å². The summed E-state index contributed by atoms with van der Waals surface area (Å²) < 4.78 is 27.7. The molecule has 0 saturated heterocycles. The first-order chi connectivity index (χ1) is 17.7. The number of phosphoric acid groups is 1. The quantitative estimate of drug-likeness (QED) is 0.0457. The zero-order valence-corrected chi connectivity index (χ0v) is 25.6. The molecule has 0 fully saturated rings. The van der Waals surface area contributed by atoms with Gasteiger partial charge in [0.15, 0.2) is 0 Å². The number of ether oxygens (including phenoxy) is 1. The van der Waals surface area contributed by atoms with Crippen LogP contribution in [-0.2, 0) is 18.3 Å². The van der Waals surface area contributed by atoms with Crippen LogP contribution in [0.5, 0.6) is 0 Å². The number of hydrogen-bond acceptors (Lipinski definition) is 5. The van der Waals surface area contributed by atoms with Gasteiger partial charge in [0.25, 0.3) is 0 Å². The molecule has 0 amide bonds. The number of quaternary nitrogens is 1. The molecule has 7 nitrogen and oxygen atoms in total. The average molecular weight is 551 g/mol. The van der Waals surface area contributed by atoms with Gasteiger partial charge in [0.1, 0.15) is 19.3 Å². The van der Waals surface area contributed by atoms with Crippen LogP contribution in [0.3, 0.4) is 0 Å². The van der Waals surface area contributed by atoms with E-state index >= 15 is 0 Å². The van der Waals surface area contributed by atoms with E-state index in [9.17, 15) is 14.6 Å². The van der Waals surface area contributed by atoms with Gasteiger partial charge in [0.2, 0.25) is 0 Å². The van der Waals surface area contributed by atoms with E-state index in [-0.39, 0.29) is 19.8 Å². The van der Waals surface area contributed by atoms with Crippen molar-refractivity contribution in [2.45, 2.75) is 122 Å². The van der Waals surface area contributed by atoms with E-state index in [4.69, 9.17) is 13.8 Å². The summed E-state index contributed by atoms with van der Waals surface area (Å²) in [5, 5.41) is 9.88. The Hall–Kier alpha value is -0.270. The van der Waals surface area contributed by atoms with Crippen molar-refractivity contribution in [3.63, 3.8) is 0 Å². The fraction of sp³-hybridized carbons (Fsp3) is 0.931. The first-order valence-corrected chi connectivity index (χ1v) is 16.5. The maximum atomic E-state index is 11.8. The molecule has 222 valence electrons. The predicted molar refractivity (Wildman–Crippen MR) is 155 cm³/mol. The monoisotopic (exact) mass is 550 g/mol. The molecule has 0 aliphatic carbocycles. The topological polar surface area (TPSA) is 85.2 Å². The van der Waals surface area contributed by atoms with Gasteiger partial charge >= 0.3 is 7.82 Å². The Labute approximate surface area is 229 Å². The molecule has 0 aromatic rings. The van der Waals surface area contributed by atoms with E-state index < -0.39 is 13.9 Å². The van der Waals surface area contributed by atoms with Crippen LogP contribution < -0.4 is 0 Å². The molecule has 0 rings (SSSR count). The van der Waals surface area contributed by atoms with Crippen LogP contribution in [0.1, 0.15) is 116 Å². The molecule has 0 aliphatic rings. The lowest BCUT2D eigenvalue weighted by molar-refractivity contribution is -0.870. The summed E-state index contributed by atoms with van der Waals surface area (Å²) in [5.41, 5.74) is 0. The number of nitrogens with zero attached hydrogens (tertiary/aromatic N) is 1. The summed E-state index contributed by atoms with van der Waals surface area (Å²) in [6.07, 6.45) is 25.8. The maximum absolute atomic E-state index is 11.8. The number of aliphatic hydroxyl groups excluding tert-OH is 1. The molecule has 0 aliphatic heterocycles. The van der Waals surface area contributed by atoms with Gasteiger partial charge in [-0.1, -0.05) is 96.1 Å². The van der Waals surface area contributed by atoms with Gasteiger partial charge in [-0.15, -0.1) is 0 Å². The first kappa shape index (κ1) is 36.7. The summed E-state index contributed by atoms with van der Waals surface area (Å²) in [4.78, 5) is 9.66. The Morgan fingerprint density at radius 1 is 0.703 bits per heavy atom. The van der Waals surface area contributed by atoms with E-state index in [1.807, 2.05) is 21.1 Å². The van der Waals surface area contributed by atoms with Crippen LogP contribution in [-0.4, -0.2) is 74.7 Å². The van der Waals surface area contributed by atoms with Crippen molar-refractivity contribution in [2.75, 3.05) is 54.1 Å².